The number of benzene rings is 4. The number of hydrogen-bond acceptors (Lipinski definition) is 20. The average molecular weight is 1950 g/mol. The summed E-state index contributed by atoms with van der Waals surface area (Å²) in [4.78, 5) is 2.72. The van der Waals surface area contributed by atoms with Gasteiger partial charge in [-0.05, 0) is 319 Å². The Kier molecular flexibility index (Phi) is 70.0. The summed E-state index contributed by atoms with van der Waals surface area (Å²) in [5, 5.41) is 12.4. The van der Waals surface area contributed by atoms with E-state index < -0.39 is 22.6 Å². The van der Waals surface area contributed by atoms with E-state index in [1.54, 1.807) is 31.4 Å². The minimum Gasteiger partial charge on any atom is -0.414 e. The van der Waals surface area contributed by atoms with E-state index in [0.717, 1.165) is 48.3 Å². The van der Waals surface area contributed by atoms with Gasteiger partial charge in [0, 0.05) is 18.6 Å². The van der Waals surface area contributed by atoms with Gasteiger partial charge in [-0.3, -0.25) is 0 Å². The maximum atomic E-state index is 8.61. The van der Waals surface area contributed by atoms with Crippen LogP contribution in [-0.4, -0.2) is 185 Å². The van der Waals surface area contributed by atoms with Crippen molar-refractivity contribution in [3.63, 3.8) is 0 Å². The molecule has 0 bridgehead atoms. The van der Waals surface area contributed by atoms with Crippen molar-refractivity contribution in [3.8, 4) is 6.07 Å². The lowest BCUT2D eigenvalue weighted by molar-refractivity contribution is -0.408. The maximum absolute atomic E-state index is 8.61. The number of nitrogens with zero attached hydrogens (tertiary/aromatic N) is 4. The first-order valence-electron chi connectivity index (χ1n) is 49.1. The number of rotatable bonds is 36. The lowest BCUT2D eigenvalue weighted by Gasteiger charge is -2.42. The average Bonchev–Trinajstić information content (AvgIpc) is 0.802. The second kappa shape index (κ2) is 69.5. The predicted octanol–water partition coefficient (Wildman–Crippen LogP) is 30.0. The smallest absolute Gasteiger partial charge is 0.307 e. The predicted molar refractivity (Wildman–Crippen MR) is 573 cm³/mol. The van der Waals surface area contributed by atoms with Crippen molar-refractivity contribution >= 4 is 22.7 Å². The molecule has 786 valence electrons. The first-order chi connectivity index (χ1) is 62.3. The van der Waals surface area contributed by atoms with Crippen molar-refractivity contribution in [2.24, 2.45) is 5.11 Å². The molecule has 2 aliphatic heterocycles. The van der Waals surface area contributed by atoms with Gasteiger partial charge in [-0.25, -0.2) is 0 Å². The molecule has 6 rings (SSSR count). The fraction of sp³-hybridized carbons (Fsp3) is 0.723. The summed E-state index contributed by atoms with van der Waals surface area (Å²) in [5.41, 5.74) is 16.8. The summed E-state index contributed by atoms with van der Waals surface area (Å²) in [7, 11) is -1.72. The van der Waals surface area contributed by atoms with E-state index in [-0.39, 0.29) is 67.3 Å². The van der Waals surface area contributed by atoms with Gasteiger partial charge in [-0.1, -0.05) is 183 Å². The summed E-state index contributed by atoms with van der Waals surface area (Å²) in [6.07, 6.45) is 9.64. The Balaban J connectivity index is -0.000000715. The first kappa shape index (κ1) is 137. The van der Waals surface area contributed by atoms with Gasteiger partial charge < -0.3 is 84.6 Å². The molecule has 0 saturated carbocycles. The number of hydrogen-bond donors (Lipinski definition) is 0. The molecule has 0 aromatic heterocycles. The van der Waals surface area contributed by atoms with Crippen LogP contribution in [0.5, 0.6) is 0 Å². The lowest BCUT2D eigenvalue weighted by Crippen LogP contribution is -2.48. The Labute approximate surface area is 834 Å². The van der Waals surface area contributed by atoms with Crippen LogP contribution in [0.2, 0.25) is 34.8 Å². The molecule has 0 amide bonds. The van der Waals surface area contributed by atoms with E-state index in [1.165, 1.54) is 24.0 Å². The highest BCUT2D eigenvalue weighted by molar-refractivity contribution is 6.77. The highest BCUT2D eigenvalue weighted by Crippen LogP contribution is 2.42. The third-order valence-corrected chi connectivity index (χ3v) is 30.0. The van der Waals surface area contributed by atoms with Crippen molar-refractivity contribution < 1.29 is 84.6 Å². The highest BCUT2D eigenvalue weighted by Gasteiger charge is 2.45. The second-order valence-corrected chi connectivity index (χ2v) is 56.0. The summed E-state index contributed by atoms with van der Waals surface area (Å²) >= 11 is 0. The zero-order chi connectivity index (χ0) is 106. The van der Waals surface area contributed by atoms with Gasteiger partial charge in [-0.2, -0.15) is 5.26 Å². The van der Waals surface area contributed by atoms with E-state index in [2.05, 4.69) is 219 Å². The molecule has 2 saturated heterocycles. The molecule has 0 spiro atoms. The summed E-state index contributed by atoms with van der Waals surface area (Å²) in [5.74, 6) is -0.995. The Morgan fingerprint density at radius 2 is 0.779 bits per heavy atom. The Hall–Kier alpha value is -5.39. The van der Waals surface area contributed by atoms with E-state index in [1.807, 2.05) is 197 Å². The minimum atomic E-state index is -1.70. The second-order valence-electron chi connectivity index (χ2n) is 45.7. The molecule has 0 aliphatic carbocycles. The molecule has 22 nitrogen and oxygen atoms in total. The number of azide groups is 1. The van der Waals surface area contributed by atoms with E-state index in [0.29, 0.717) is 134 Å². The molecule has 2 fully saturated rings. The molecule has 2 heterocycles. The van der Waals surface area contributed by atoms with Crippen molar-refractivity contribution in [2.75, 3.05) is 99.6 Å². The van der Waals surface area contributed by atoms with E-state index >= 15 is 0 Å². The molecule has 4 aromatic rings. The fourth-order valence-corrected chi connectivity index (χ4v) is 17.8. The minimum absolute atomic E-state index is 0.00678. The van der Waals surface area contributed by atoms with Crippen LogP contribution in [-0.2, 0) is 118 Å². The first-order valence-corrected chi connectivity index (χ1v) is 54.2. The van der Waals surface area contributed by atoms with Crippen LogP contribution >= 0.6 is 0 Å². The Bertz CT molecular complexity index is 3680. The third kappa shape index (κ3) is 83.3. The number of nitriles is 1. The molecule has 1 unspecified atom stereocenters. The quantitative estimate of drug-likeness (QED) is 0.0103. The number of ether oxygens (including phenoxy) is 16. The van der Waals surface area contributed by atoms with Gasteiger partial charge in [0.1, 0.15) is 6.61 Å². The third-order valence-electron chi connectivity index (χ3n) is 19.4. The van der Waals surface area contributed by atoms with E-state index in [4.69, 9.17) is 95.4 Å². The molecule has 2 aliphatic rings. The highest BCUT2D eigenvalue weighted by atomic mass is 28.4. The molecule has 1 atom stereocenters. The van der Waals surface area contributed by atoms with Gasteiger partial charge in [0.25, 0.3) is 0 Å². The number of methoxy groups -OCH3 is 1. The topological polar surface area (TPSA) is 239 Å². The molecule has 136 heavy (non-hydrogen) atoms. The molecular weight excluding hydrogens is 1750 g/mol. The van der Waals surface area contributed by atoms with Crippen LogP contribution in [0.3, 0.4) is 0 Å². The maximum Gasteiger partial charge on any atom is 0.307 e. The molecule has 24 heteroatoms. The van der Waals surface area contributed by atoms with Gasteiger partial charge >= 0.3 is 5.97 Å². The van der Waals surface area contributed by atoms with Gasteiger partial charge in [0.15, 0.2) is 22.9 Å². The fourth-order valence-electron chi connectivity index (χ4n) is 11.4. The van der Waals surface area contributed by atoms with Gasteiger partial charge in [-0.15, -0.1) is 13.2 Å². The van der Waals surface area contributed by atoms with E-state index in [9.17, 15) is 0 Å². The monoisotopic (exact) mass is 1950 g/mol. The van der Waals surface area contributed by atoms with Crippen LogP contribution in [0.4, 0.5) is 0 Å². The van der Waals surface area contributed by atoms with Crippen LogP contribution < -0.4 is 0 Å². The summed E-state index contributed by atoms with van der Waals surface area (Å²) < 4.78 is 100. The Morgan fingerprint density at radius 1 is 0.426 bits per heavy atom. The van der Waals surface area contributed by atoms with Crippen LogP contribution in [0.15, 0.2) is 140 Å². The SMILES string of the molecule is C=CCOC(C)(C)C.C=CCOCCOC(C)(C)C.C=Cc1ccc(COC(C)(C)C)cc1.CC(C)(C)OCCOC1CCCCO1.CC(C)(C)OCCO[Si](C)(C)C(C)(C)C.CC(C)(C)OCc1ccc(C#N)cc1.CC(C)(C)OCc1ccc(CN=[N+]=[N-])cc1.CC(C)(C)OCc1ccccc1.CC(C)[Si](OCCOC(C)(C)C)(C(C)C)C(C)C.COC1(COC(C)(C)C)OCCCO1. The molecule has 0 radical (unpaired) electrons. The van der Waals surface area contributed by atoms with Crippen molar-refractivity contribution in [1.82, 2.24) is 0 Å². The van der Waals surface area contributed by atoms with Crippen LogP contribution in [0, 0.1) is 11.3 Å². The normalized spacial score (nSPS) is 14.4. The standard InChI is InChI=1S/C15H34O2Si.C13H18O.C12H17N3O.C12H15NO.C12H28O2Si.C11H22O3.C11H16O.C10H20O4.C9H18O2.C7H14O/c1-12(2)18(13(3)4,14(5)6)17-11-10-16-15(7,8)9;1-5-11-6-8-12(9-7-11)10-14-13(2,3)4;1-12(2,3)16-9-11-6-4-10(5-7-11)8-14-15-13;1-12(2,3)14-9-11-6-4-10(8-13)5-7-11;1-11(2,3)13-9-10-14-15(7,8)12(4,5)6;1-11(2,3)14-9-8-13-10-6-4-5-7-12-10;1-11(2,3)12-9-10-7-5-4-6-8-10;1-9(2,3)14-8-10(11-4)12-6-5-7-13-10;1-5-6-10-7-8-11-9(2,3)4;1-5-6-8-7(2,3)4/h12-14H,10-11H2,1-9H3;5-9H,1,10H2,2-4H3;4-7H,8-9H2,1-3H3;4-7H,9H2,1-3H3;9-10H2,1-8H3;10H,4-9H2,1-3H3;4-8H,9H2,1-3H3;5-8H2,1-4H3;5H,1,6-8H2,2-4H3;5H,1,6H2,2-4H3. The van der Waals surface area contributed by atoms with Crippen molar-refractivity contribution in [2.45, 2.75) is 432 Å². The van der Waals surface area contributed by atoms with Gasteiger partial charge in [0.05, 0.1) is 180 Å². The van der Waals surface area contributed by atoms with Crippen molar-refractivity contribution in [3.05, 3.63) is 184 Å². The summed E-state index contributed by atoms with van der Waals surface area (Å²) in [6, 6.07) is 35.9. The Morgan fingerprint density at radius 3 is 1.10 bits per heavy atom. The van der Waals surface area contributed by atoms with Gasteiger partial charge in [0.2, 0.25) is 0 Å². The van der Waals surface area contributed by atoms with Crippen LogP contribution in [0.1, 0.15) is 335 Å². The lowest BCUT2D eigenvalue weighted by atomic mass is 10.1. The summed E-state index contributed by atoms with van der Waals surface area (Å²) in [6.45, 7) is 109. The molecule has 4 aromatic carbocycles. The van der Waals surface area contributed by atoms with Crippen molar-refractivity contribution in [1.29, 1.82) is 5.26 Å². The van der Waals surface area contributed by atoms with Crippen LogP contribution in [0.25, 0.3) is 16.5 Å². The molecule has 0 N–H and O–H groups in total. The zero-order valence-electron chi connectivity index (χ0n) is 94.4. The largest absolute Gasteiger partial charge is 0.414 e. The zero-order valence-corrected chi connectivity index (χ0v) is 96.4. The molecular formula is C112H202N4O18Si2.